The fraction of sp³-hybridized carbons (Fsp3) is 1.00. The Morgan fingerprint density at radius 3 is 2.47 bits per heavy atom. The molecule has 6 heteroatoms. The van der Waals surface area contributed by atoms with Gasteiger partial charge < -0.3 is 9.87 Å². The van der Waals surface area contributed by atoms with E-state index in [0.717, 1.165) is 25.7 Å². The summed E-state index contributed by atoms with van der Waals surface area (Å²) in [6, 6.07) is 0.150. The molecular weight excluding hydrogens is 224 g/mol. The van der Waals surface area contributed by atoms with Crippen LogP contribution in [0.5, 0.6) is 0 Å². The predicted octanol–water partition coefficient (Wildman–Crippen LogP) is 1.77. The van der Waals surface area contributed by atoms with Gasteiger partial charge in [0.15, 0.2) is 11.1 Å². The van der Waals surface area contributed by atoms with Gasteiger partial charge in [0.05, 0.1) is 6.54 Å². The van der Waals surface area contributed by atoms with Crippen molar-refractivity contribution < 1.29 is 17.5 Å². The third-order valence-corrected chi connectivity index (χ3v) is 3.26. The Labute approximate surface area is 90.9 Å². The topological polar surface area (TPSA) is 49.3 Å². The second kappa shape index (κ2) is 5.86. The largest absolute Gasteiger partial charge is 0.308 e. The average Bonchev–Trinajstić information content (AvgIpc) is 2.15. The van der Waals surface area contributed by atoms with Crippen LogP contribution in [0.15, 0.2) is 0 Å². The van der Waals surface area contributed by atoms with Gasteiger partial charge in [-0.25, -0.2) is 13.0 Å². The molecule has 15 heavy (non-hydrogen) atoms. The summed E-state index contributed by atoms with van der Waals surface area (Å²) in [6.07, 6.45) is 5.19. The first kappa shape index (κ1) is 13.0. The number of halogens is 2. The molecule has 1 aliphatic carbocycles. The minimum Gasteiger partial charge on any atom is -0.308 e. The minimum absolute atomic E-state index is 0.150. The van der Waals surface area contributed by atoms with E-state index in [1.165, 1.54) is 6.42 Å². The van der Waals surface area contributed by atoms with Gasteiger partial charge in [0.25, 0.3) is 5.92 Å². The SMILES string of the molecule is O=S(O)CC(F)(F)CNC1CCCCC1. The van der Waals surface area contributed by atoms with E-state index < -0.39 is 29.3 Å². The average molecular weight is 241 g/mol. The molecular formula is C9H17F2NO2S. The molecule has 0 amide bonds. The van der Waals surface area contributed by atoms with E-state index in [-0.39, 0.29) is 6.04 Å². The van der Waals surface area contributed by atoms with Crippen molar-refractivity contribution in [3.8, 4) is 0 Å². The van der Waals surface area contributed by atoms with Crippen LogP contribution in [0.3, 0.4) is 0 Å². The van der Waals surface area contributed by atoms with Gasteiger partial charge in [-0.05, 0) is 12.8 Å². The summed E-state index contributed by atoms with van der Waals surface area (Å²) >= 11 is -2.43. The van der Waals surface area contributed by atoms with Crippen LogP contribution in [0, 0.1) is 0 Å². The van der Waals surface area contributed by atoms with Crippen molar-refractivity contribution in [2.75, 3.05) is 12.3 Å². The summed E-state index contributed by atoms with van der Waals surface area (Å²) < 4.78 is 44.7. The molecule has 0 bridgehead atoms. The van der Waals surface area contributed by atoms with Gasteiger partial charge in [-0.2, -0.15) is 0 Å². The van der Waals surface area contributed by atoms with Crippen molar-refractivity contribution in [3.05, 3.63) is 0 Å². The molecule has 0 radical (unpaired) electrons. The standard InChI is InChI=1S/C9H17F2NO2S/c10-9(11,7-15(13)14)6-12-8-4-2-1-3-5-8/h8,12H,1-7H2,(H,13,14). The van der Waals surface area contributed by atoms with Gasteiger partial charge in [0.1, 0.15) is 5.75 Å². The van der Waals surface area contributed by atoms with Crippen molar-refractivity contribution >= 4 is 11.1 Å². The highest BCUT2D eigenvalue weighted by Crippen LogP contribution is 2.19. The normalized spacial score (nSPS) is 21.5. The maximum absolute atomic E-state index is 13.0. The highest BCUT2D eigenvalue weighted by Gasteiger charge is 2.32. The van der Waals surface area contributed by atoms with Crippen LogP contribution in [-0.4, -0.2) is 33.0 Å². The molecule has 90 valence electrons. The smallest absolute Gasteiger partial charge is 0.273 e. The van der Waals surface area contributed by atoms with Crippen molar-refractivity contribution in [2.24, 2.45) is 0 Å². The van der Waals surface area contributed by atoms with Crippen LogP contribution < -0.4 is 5.32 Å². The van der Waals surface area contributed by atoms with Crippen molar-refractivity contribution in [1.29, 1.82) is 0 Å². The van der Waals surface area contributed by atoms with Gasteiger partial charge in [0.2, 0.25) is 0 Å². The molecule has 0 heterocycles. The van der Waals surface area contributed by atoms with E-state index >= 15 is 0 Å². The Kier molecular flexibility index (Phi) is 5.08. The molecule has 0 spiro atoms. The summed E-state index contributed by atoms with van der Waals surface area (Å²) in [5.74, 6) is -4.07. The van der Waals surface area contributed by atoms with E-state index in [1.54, 1.807) is 0 Å². The second-order valence-corrected chi connectivity index (χ2v) is 4.97. The molecule has 1 aliphatic rings. The van der Waals surface area contributed by atoms with Gasteiger partial charge in [0, 0.05) is 6.04 Å². The number of nitrogens with one attached hydrogen (secondary N) is 1. The Bertz CT molecular complexity index is 220. The molecule has 1 saturated carbocycles. The monoisotopic (exact) mass is 241 g/mol. The zero-order valence-corrected chi connectivity index (χ0v) is 9.36. The predicted molar refractivity (Wildman–Crippen MR) is 55.5 cm³/mol. The molecule has 2 N–H and O–H groups in total. The van der Waals surface area contributed by atoms with Crippen LogP contribution in [-0.2, 0) is 11.1 Å². The number of hydrogen-bond donors (Lipinski definition) is 2. The highest BCUT2D eigenvalue weighted by atomic mass is 32.2. The van der Waals surface area contributed by atoms with E-state index in [4.69, 9.17) is 4.55 Å². The lowest BCUT2D eigenvalue weighted by Crippen LogP contribution is -2.42. The maximum atomic E-state index is 13.0. The first-order valence-electron chi connectivity index (χ1n) is 5.18. The molecule has 0 aromatic heterocycles. The van der Waals surface area contributed by atoms with Gasteiger partial charge >= 0.3 is 0 Å². The molecule has 0 aliphatic heterocycles. The van der Waals surface area contributed by atoms with Crippen LogP contribution in [0.2, 0.25) is 0 Å². The molecule has 1 rings (SSSR count). The van der Waals surface area contributed by atoms with Gasteiger partial charge in [-0.15, -0.1) is 0 Å². The first-order valence-corrected chi connectivity index (χ1v) is 6.46. The quantitative estimate of drug-likeness (QED) is 0.721. The Morgan fingerprint density at radius 2 is 1.93 bits per heavy atom. The number of rotatable bonds is 5. The number of hydrogen-bond acceptors (Lipinski definition) is 2. The van der Waals surface area contributed by atoms with Crippen molar-refractivity contribution in [2.45, 2.75) is 44.1 Å². The van der Waals surface area contributed by atoms with E-state index in [1.807, 2.05) is 0 Å². The first-order chi connectivity index (χ1) is 6.99. The van der Waals surface area contributed by atoms with Crippen molar-refractivity contribution in [1.82, 2.24) is 5.32 Å². The number of alkyl halides is 2. The molecule has 1 unspecified atom stereocenters. The Hall–Kier alpha value is -0.0700. The van der Waals surface area contributed by atoms with Gasteiger partial charge in [-0.3, -0.25) is 0 Å². The van der Waals surface area contributed by atoms with Crippen LogP contribution in [0.4, 0.5) is 8.78 Å². The summed E-state index contributed by atoms with van der Waals surface area (Å²) in [5.41, 5.74) is 0. The molecule has 1 fully saturated rings. The highest BCUT2D eigenvalue weighted by molar-refractivity contribution is 7.79. The maximum Gasteiger partial charge on any atom is 0.273 e. The Morgan fingerprint density at radius 1 is 1.33 bits per heavy atom. The van der Waals surface area contributed by atoms with Gasteiger partial charge in [-0.1, -0.05) is 19.3 Å². The van der Waals surface area contributed by atoms with E-state index in [9.17, 15) is 13.0 Å². The Balaban J connectivity index is 2.24. The zero-order chi connectivity index (χ0) is 11.3. The van der Waals surface area contributed by atoms with E-state index in [2.05, 4.69) is 5.32 Å². The van der Waals surface area contributed by atoms with Crippen LogP contribution >= 0.6 is 0 Å². The molecule has 0 aromatic rings. The summed E-state index contributed by atoms with van der Waals surface area (Å²) in [7, 11) is 0. The molecule has 1 atom stereocenters. The summed E-state index contributed by atoms with van der Waals surface area (Å²) in [5, 5.41) is 2.77. The van der Waals surface area contributed by atoms with Crippen LogP contribution in [0.1, 0.15) is 32.1 Å². The zero-order valence-electron chi connectivity index (χ0n) is 8.55. The van der Waals surface area contributed by atoms with Crippen LogP contribution in [0.25, 0.3) is 0 Å². The molecule has 0 aromatic carbocycles. The lowest BCUT2D eigenvalue weighted by molar-refractivity contribution is 0.0220. The minimum atomic E-state index is -3.09. The van der Waals surface area contributed by atoms with Crippen molar-refractivity contribution in [3.63, 3.8) is 0 Å². The third-order valence-electron chi connectivity index (χ3n) is 2.59. The second-order valence-electron chi connectivity index (χ2n) is 4.04. The molecule has 0 saturated heterocycles. The lowest BCUT2D eigenvalue weighted by Gasteiger charge is -2.25. The molecule has 3 nitrogen and oxygen atoms in total. The fourth-order valence-corrected chi connectivity index (χ4v) is 2.30. The fourth-order valence-electron chi connectivity index (χ4n) is 1.83. The summed E-state index contributed by atoms with van der Waals surface area (Å²) in [4.78, 5) is 0. The third kappa shape index (κ3) is 5.53. The summed E-state index contributed by atoms with van der Waals surface area (Å²) in [6.45, 7) is -0.496. The van der Waals surface area contributed by atoms with E-state index in [0.29, 0.717) is 0 Å². The lowest BCUT2D eigenvalue weighted by atomic mass is 9.95.